The van der Waals surface area contributed by atoms with Crippen LogP contribution >= 0.6 is 0 Å². The minimum Gasteiger partial charge on any atom is -0.493 e. The Morgan fingerprint density at radius 2 is 2.12 bits per heavy atom. The van der Waals surface area contributed by atoms with Gasteiger partial charge in [0.05, 0.1) is 23.2 Å². The van der Waals surface area contributed by atoms with Crippen LogP contribution in [0.25, 0.3) is 16.6 Å². The molecular weight excluding hydrogens is 304 g/mol. The third kappa shape index (κ3) is 2.47. The van der Waals surface area contributed by atoms with E-state index >= 15 is 0 Å². The SMILES string of the molecule is CCOc1cccc2nn3c(C4CCN(C)CC4)cc(=O)[nH]c3c12. The Morgan fingerprint density at radius 1 is 1.33 bits per heavy atom. The van der Waals surface area contributed by atoms with Gasteiger partial charge in [-0.3, -0.25) is 4.79 Å². The van der Waals surface area contributed by atoms with Crippen LogP contribution in [0.3, 0.4) is 0 Å². The highest BCUT2D eigenvalue weighted by Gasteiger charge is 2.23. The summed E-state index contributed by atoms with van der Waals surface area (Å²) in [6.45, 7) is 4.63. The van der Waals surface area contributed by atoms with E-state index < -0.39 is 0 Å². The predicted octanol–water partition coefficient (Wildman–Crippen LogP) is 2.38. The van der Waals surface area contributed by atoms with Crippen LogP contribution in [0.5, 0.6) is 5.75 Å². The van der Waals surface area contributed by atoms with Crippen molar-refractivity contribution in [1.82, 2.24) is 19.5 Å². The van der Waals surface area contributed by atoms with E-state index in [9.17, 15) is 4.79 Å². The first-order chi connectivity index (χ1) is 11.7. The highest BCUT2D eigenvalue weighted by atomic mass is 16.5. The number of ether oxygens (including phenoxy) is 1. The largest absolute Gasteiger partial charge is 0.493 e. The van der Waals surface area contributed by atoms with Crippen molar-refractivity contribution in [3.63, 3.8) is 0 Å². The number of hydrogen-bond donors (Lipinski definition) is 1. The summed E-state index contributed by atoms with van der Waals surface area (Å²) in [5.74, 6) is 1.12. The molecule has 0 unspecified atom stereocenters. The van der Waals surface area contributed by atoms with Gasteiger partial charge in [0, 0.05) is 12.0 Å². The first kappa shape index (κ1) is 15.2. The fourth-order valence-corrected chi connectivity index (χ4v) is 3.63. The number of nitrogens with zero attached hydrogens (tertiary/aromatic N) is 3. The number of fused-ring (bicyclic) bond motifs is 3. The first-order valence-electron chi connectivity index (χ1n) is 8.53. The number of aromatic amines is 1. The second-order valence-corrected chi connectivity index (χ2v) is 6.48. The molecule has 0 amide bonds. The average molecular weight is 326 g/mol. The lowest BCUT2D eigenvalue weighted by molar-refractivity contribution is 0.252. The Kier molecular flexibility index (Phi) is 3.76. The Bertz CT molecular complexity index is 935. The van der Waals surface area contributed by atoms with E-state index in [1.165, 1.54) is 0 Å². The van der Waals surface area contributed by atoms with Crippen LogP contribution in [0.2, 0.25) is 0 Å². The molecule has 0 saturated carbocycles. The minimum absolute atomic E-state index is 0.0791. The molecule has 3 aromatic rings. The Morgan fingerprint density at radius 3 is 2.88 bits per heavy atom. The molecule has 2 aromatic heterocycles. The Balaban J connectivity index is 1.94. The molecule has 0 atom stereocenters. The zero-order valence-corrected chi connectivity index (χ0v) is 14.1. The summed E-state index contributed by atoms with van der Waals surface area (Å²) in [7, 11) is 2.14. The van der Waals surface area contributed by atoms with Gasteiger partial charge in [-0.05, 0) is 52.0 Å². The van der Waals surface area contributed by atoms with Gasteiger partial charge in [0.15, 0.2) is 0 Å². The highest BCUT2D eigenvalue weighted by Crippen LogP contribution is 2.32. The number of likely N-dealkylation sites (tertiary alicyclic amines) is 1. The van der Waals surface area contributed by atoms with E-state index in [1.807, 2.05) is 29.6 Å². The second-order valence-electron chi connectivity index (χ2n) is 6.48. The number of piperidine rings is 1. The van der Waals surface area contributed by atoms with E-state index in [0.29, 0.717) is 12.5 Å². The zero-order chi connectivity index (χ0) is 16.7. The molecule has 0 spiro atoms. The van der Waals surface area contributed by atoms with Crippen molar-refractivity contribution in [2.75, 3.05) is 26.7 Å². The third-order valence-electron chi connectivity index (χ3n) is 4.86. The Hall–Kier alpha value is -2.34. The fourth-order valence-electron chi connectivity index (χ4n) is 3.63. The standard InChI is InChI=1S/C18H22N4O2/c1-3-24-15-6-4-5-13-17(15)18-19-16(23)11-14(22(18)20-13)12-7-9-21(2)10-8-12/h4-6,11-12H,3,7-10H2,1-2H3,(H,19,23). The maximum Gasteiger partial charge on any atom is 0.251 e. The number of H-pyrrole nitrogens is 1. The van der Waals surface area contributed by atoms with Crippen molar-refractivity contribution in [1.29, 1.82) is 0 Å². The topological polar surface area (TPSA) is 62.6 Å². The molecule has 1 aliphatic rings. The van der Waals surface area contributed by atoms with Gasteiger partial charge in [-0.25, -0.2) is 4.52 Å². The molecular formula is C18H22N4O2. The van der Waals surface area contributed by atoms with Crippen molar-refractivity contribution in [2.24, 2.45) is 0 Å². The maximum atomic E-state index is 12.3. The van der Waals surface area contributed by atoms with Gasteiger partial charge in [0.25, 0.3) is 5.56 Å². The molecule has 4 rings (SSSR count). The minimum atomic E-state index is -0.0791. The number of aromatic nitrogens is 3. The number of rotatable bonds is 3. The smallest absolute Gasteiger partial charge is 0.251 e. The number of nitrogens with one attached hydrogen (secondary N) is 1. The predicted molar refractivity (Wildman–Crippen MR) is 94.0 cm³/mol. The Labute approximate surface area is 140 Å². The highest BCUT2D eigenvalue weighted by molar-refractivity contribution is 5.97. The quantitative estimate of drug-likeness (QED) is 0.803. The van der Waals surface area contributed by atoms with E-state index in [2.05, 4.69) is 16.9 Å². The van der Waals surface area contributed by atoms with Crippen molar-refractivity contribution < 1.29 is 4.74 Å². The summed E-state index contributed by atoms with van der Waals surface area (Å²) >= 11 is 0. The van der Waals surface area contributed by atoms with E-state index in [0.717, 1.165) is 53.9 Å². The molecule has 126 valence electrons. The van der Waals surface area contributed by atoms with Gasteiger partial charge in [0.2, 0.25) is 0 Å². The van der Waals surface area contributed by atoms with E-state index in [1.54, 1.807) is 6.07 Å². The molecule has 6 heteroatoms. The summed E-state index contributed by atoms with van der Waals surface area (Å²) in [6.07, 6.45) is 2.09. The van der Waals surface area contributed by atoms with Gasteiger partial charge in [-0.2, -0.15) is 5.10 Å². The molecule has 1 aliphatic heterocycles. The molecule has 1 aromatic carbocycles. The summed E-state index contributed by atoms with van der Waals surface area (Å²) < 4.78 is 7.65. The van der Waals surface area contributed by atoms with Crippen LogP contribution in [-0.4, -0.2) is 46.2 Å². The lowest BCUT2D eigenvalue weighted by Crippen LogP contribution is -2.30. The van der Waals surface area contributed by atoms with Crippen molar-refractivity contribution >= 4 is 16.6 Å². The molecule has 1 saturated heterocycles. The average Bonchev–Trinajstić information content (AvgIpc) is 2.95. The molecule has 24 heavy (non-hydrogen) atoms. The van der Waals surface area contributed by atoms with E-state index in [4.69, 9.17) is 9.84 Å². The molecule has 3 heterocycles. The monoisotopic (exact) mass is 326 g/mol. The van der Waals surface area contributed by atoms with Crippen LogP contribution in [0.4, 0.5) is 0 Å². The van der Waals surface area contributed by atoms with Crippen LogP contribution in [-0.2, 0) is 0 Å². The van der Waals surface area contributed by atoms with Crippen LogP contribution in [0, 0.1) is 0 Å². The van der Waals surface area contributed by atoms with Crippen LogP contribution in [0.1, 0.15) is 31.4 Å². The lowest BCUT2D eigenvalue weighted by atomic mass is 9.93. The normalized spacial score (nSPS) is 16.9. The molecule has 6 nitrogen and oxygen atoms in total. The summed E-state index contributed by atoms with van der Waals surface area (Å²) in [5.41, 5.74) is 2.50. The molecule has 0 radical (unpaired) electrons. The van der Waals surface area contributed by atoms with Gasteiger partial charge in [-0.1, -0.05) is 6.07 Å². The summed E-state index contributed by atoms with van der Waals surface area (Å²) in [4.78, 5) is 17.6. The third-order valence-corrected chi connectivity index (χ3v) is 4.86. The molecule has 0 bridgehead atoms. The second kappa shape index (κ2) is 5.94. The summed E-state index contributed by atoms with van der Waals surface area (Å²) in [5, 5.41) is 5.63. The molecule has 1 fully saturated rings. The van der Waals surface area contributed by atoms with Gasteiger partial charge < -0.3 is 14.6 Å². The molecule has 1 N–H and O–H groups in total. The van der Waals surface area contributed by atoms with Crippen molar-refractivity contribution in [2.45, 2.75) is 25.7 Å². The van der Waals surface area contributed by atoms with E-state index in [-0.39, 0.29) is 5.56 Å². The number of benzene rings is 1. The summed E-state index contributed by atoms with van der Waals surface area (Å²) in [6, 6.07) is 7.53. The van der Waals surface area contributed by atoms with Crippen molar-refractivity contribution in [3.8, 4) is 5.75 Å². The van der Waals surface area contributed by atoms with Gasteiger partial charge in [0.1, 0.15) is 11.4 Å². The van der Waals surface area contributed by atoms with Gasteiger partial charge >= 0.3 is 0 Å². The van der Waals surface area contributed by atoms with Crippen LogP contribution < -0.4 is 10.3 Å². The van der Waals surface area contributed by atoms with Crippen LogP contribution in [0.15, 0.2) is 29.1 Å². The fraction of sp³-hybridized carbons (Fsp3) is 0.444. The number of hydrogen-bond acceptors (Lipinski definition) is 4. The molecule has 0 aliphatic carbocycles. The van der Waals surface area contributed by atoms with Gasteiger partial charge in [-0.15, -0.1) is 0 Å². The lowest BCUT2D eigenvalue weighted by Gasteiger charge is -2.29. The van der Waals surface area contributed by atoms with Crippen molar-refractivity contribution in [3.05, 3.63) is 40.3 Å². The maximum absolute atomic E-state index is 12.3. The zero-order valence-electron chi connectivity index (χ0n) is 14.1. The first-order valence-corrected chi connectivity index (χ1v) is 8.53.